The SMILES string of the molecule is COc1ccc(-c2cc3c4c(cc(O)c3cc2C)C2(CC(C)(C)CC(C)(C)C2)c2ccccc2-4)cc1. The molecule has 2 aliphatic rings. The van der Waals surface area contributed by atoms with Gasteiger partial charge in [0.1, 0.15) is 11.5 Å². The first-order chi connectivity index (χ1) is 17.0. The first-order valence-electron chi connectivity index (χ1n) is 13.1. The number of hydrogen-bond acceptors (Lipinski definition) is 2. The zero-order valence-corrected chi connectivity index (χ0v) is 22.3. The summed E-state index contributed by atoms with van der Waals surface area (Å²) in [6.07, 6.45) is 3.39. The van der Waals surface area contributed by atoms with Crippen LogP contribution in [0.3, 0.4) is 0 Å². The third-order valence-electron chi connectivity index (χ3n) is 8.61. The summed E-state index contributed by atoms with van der Waals surface area (Å²) < 4.78 is 5.39. The molecular formula is C34H36O2. The van der Waals surface area contributed by atoms with Crippen molar-refractivity contribution in [2.45, 2.75) is 59.3 Å². The van der Waals surface area contributed by atoms with Crippen molar-refractivity contribution in [1.29, 1.82) is 0 Å². The van der Waals surface area contributed by atoms with E-state index in [4.69, 9.17) is 4.74 Å². The molecule has 0 bridgehead atoms. The Hall–Kier alpha value is -3.26. The summed E-state index contributed by atoms with van der Waals surface area (Å²) in [5.74, 6) is 1.25. The van der Waals surface area contributed by atoms with E-state index in [0.29, 0.717) is 5.75 Å². The molecule has 0 saturated heterocycles. The molecule has 184 valence electrons. The molecule has 6 rings (SSSR count). The summed E-state index contributed by atoms with van der Waals surface area (Å²) in [5.41, 5.74) is 9.22. The molecule has 2 aliphatic carbocycles. The largest absolute Gasteiger partial charge is 0.507 e. The highest BCUT2D eigenvalue weighted by molar-refractivity contribution is 6.07. The van der Waals surface area contributed by atoms with Crippen LogP contribution in [-0.2, 0) is 5.41 Å². The van der Waals surface area contributed by atoms with Gasteiger partial charge in [-0.25, -0.2) is 0 Å². The van der Waals surface area contributed by atoms with E-state index in [0.717, 1.165) is 40.5 Å². The fourth-order valence-electron chi connectivity index (χ4n) is 8.07. The number of ether oxygens (including phenoxy) is 1. The maximum Gasteiger partial charge on any atom is 0.123 e. The van der Waals surface area contributed by atoms with Gasteiger partial charge >= 0.3 is 0 Å². The highest BCUT2D eigenvalue weighted by atomic mass is 16.5. The second-order valence-electron chi connectivity index (χ2n) is 12.7. The highest BCUT2D eigenvalue weighted by Crippen LogP contribution is 2.64. The second kappa shape index (κ2) is 7.62. The summed E-state index contributed by atoms with van der Waals surface area (Å²) >= 11 is 0. The molecule has 0 amide bonds. The number of aromatic hydroxyl groups is 1. The minimum atomic E-state index is -0.0893. The van der Waals surface area contributed by atoms with E-state index in [1.165, 1.54) is 34.2 Å². The van der Waals surface area contributed by atoms with Gasteiger partial charge in [0.15, 0.2) is 0 Å². The van der Waals surface area contributed by atoms with Crippen LogP contribution in [0, 0.1) is 17.8 Å². The van der Waals surface area contributed by atoms with E-state index < -0.39 is 0 Å². The summed E-state index contributed by atoms with van der Waals surface area (Å²) in [4.78, 5) is 0. The van der Waals surface area contributed by atoms with Crippen molar-refractivity contribution >= 4 is 10.8 Å². The lowest BCUT2D eigenvalue weighted by atomic mass is 9.52. The number of phenols is 1. The first kappa shape index (κ1) is 23.2. The zero-order valence-electron chi connectivity index (χ0n) is 22.3. The highest BCUT2D eigenvalue weighted by Gasteiger charge is 2.53. The normalized spacial score (nSPS) is 18.7. The summed E-state index contributed by atoms with van der Waals surface area (Å²) in [5, 5.41) is 13.5. The maximum absolute atomic E-state index is 11.4. The molecule has 2 heteroatoms. The minimum Gasteiger partial charge on any atom is -0.507 e. The Morgan fingerprint density at radius 1 is 0.722 bits per heavy atom. The predicted molar refractivity (Wildman–Crippen MR) is 150 cm³/mol. The molecule has 1 fully saturated rings. The molecule has 4 aromatic rings. The molecule has 1 N–H and O–H groups in total. The van der Waals surface area contributed by atoms with Gasteiger partial charge < -0.3 is 9.84 Å². The Balaban J connectivity index is 1.67. The number of phenolic OH excluding ortho intramolecular Hbond substituents is 1. The minimum absolute atomic E-state index is 0.0893. The molecule has 36 heavy (non-hydrogen) atoms. The van der Waals surface area contributed by atoms with Crippen molar-refractivity contribution < 1.29 is 9.84 Å². The fraction of sp³-hybridized carbons (Fsp3) is 0.353. The van der Waals surface area contributed by atoms with Crippen LogP contribution in [-0.4, -0.2) is 12.2 Å². The first-order valence-corrected chi connectivity index (χ1v) is 13.1. The predicted octanol–water partition coefficient (Wildman–Crippen LogP) is 9.03. The van der Waals surface area contributed by atoms with Crippen molar-refractivity contribution in [3.05, 3.63) is 83.4 Å². The second-order valence-corrected chi connectivity index (χ2v) is 12.7. The Morgan fingerprint density at radius 2 is 1.39 bits per heavy atom. The molecule has 0 unspecified atom stereocenters. The smallest absolute Gasteiger partial charge is 0.123 e. The van der Waals surface area contributed by atoms with Gasteiger partial charge in [-0.05, 0) is 112 Å². The van der Waals surface area contributed by atoms with Gasteiger partial charge in [0, 0.05) is 10.8 Å². The van der Waals surface area contributed by atoms with Crippen LogP contribution in [0.4, 0.5) is 0 Å². The molecule has 0 radical (unpaired) electrons. The van der Waals surface area contributed by atoms with Crippen molar-refractivity contribution in [3.63, 3.8) is 0 Å². The average Bonchev–Trinajstić information content (AvgIpc) is 3.05. The Morgan fingerprint density at radius 3 is 2.06 bits per heavy atom. The number of benzene rings is 4. The number of fused-ring (bicyclic) bond motifs is 7. The third kappa shape index (κ3) is 3.38. The quantitative estimate of drug-likeness (QED) is 0.313. The molecular weight excluding hydrogens is 440 g/mol. The van der Waals surface area contributed by atoms with E-state index in [9.17, 15) is 5.11 Å². The molecule has 1 spiro atoms. The van der Waals surface area contributed by atoms with Gasteiger partial charge in [0.05, 0.1) is 7.11 Å². The summed E-state index contributed by atoms with van der Waals surface area (Å²) in [6, 6.07) is 23.8. The van der Waals surface area contributed by atoms with Crippen LogP contribution in [0.15, 0.2) is 66.7 Å². The van der Waals surface area contributed by atoms with Gasteiger partial charge in [-0.3, -0.25) is 0 Å². The fourth-order valence-corrected chi connectivity index (χ4v) is 8.07. The Labute approximate surface area is 215 Å². The van der Waals surface area contributed by atoms with E-state index >= 15 is 0 Å². The third-order valence-corrected chi connectivity index (χ3v) is 8.61. The standard InChI is InChI=1S/C34H36O2/c1-21-15-26-27(16-25(21)22-11-13-23(36-6)14-12-22)31-24-9-7-8-10-28(24)34(29(31)17-30(26)35)19-32(2,3)18-33(4,5)20-34/h7-17,35H,18-20H2,1-6H3. The van der Waals surface area contributed by atoms with Crippen LogP contribution in [0.2, 0.25) is 0 Å². The van der Waals surface area contributed by atoms with E-state index in [-0.39, 0.29) is 16.2 Å². The Kier molecular flexibility index (Phi) is 4.90. The molecule has 0 aliphatic heterocycles. The van der Waals surface area contributed by atoms with Gasteiger partial charge in [0.25, 0.3) is 0 Å². The number of rotatable bonds is 2. The zero-order chi connectivity index (χ0) is 25.5. The molecule has 2 nitrogen and oxygen atoms in total. The lowest BCUT2D eigenvalue weighted by Crippen LogP contribution is -2.43. The Bertz CT molecular complexity index is 1490. The number of methoxy groups -OCH3 is 1. The van der Waals surface area contributed by atoms with Gasteiger partial charge in [0.2, 0.25) is 0 Å². The van der Waals surface area contributed by atoms with Crippen LogP contribution in [0.25, 0.3) is 33.0 Å². The summed E-state index contributed by atoms with van der Waals surface area (Å²) in [7, 11) is 1.70. The molecule has 0 aromatic heterocycles. The average molecular weight is 477 g/mol. The van der Waals surface area contributed by atoms with E-state index in [1.54, 1.807) is 7.11 Å². The van der Waals surface area contributed by atoms with E-state index in [2.05, 4.69) is 89.2 Å². The summed E-state index contributed by atoms with van der Waals surface area (Å²) in [6.45, 7) is 11.8. The van der Waals surface area contributed by atoms with Crippen LogP contribution < -0.4 is 4.74 Å². The van der Waals surface area contributed by atoms with Gasteiger partial charge in [-0.2, -0.15) is 0 Å². The molecule has 0 heterocycles. The van der Waals surface area contributed by atoms with Crippen LogP contribution in [0.1, 0.15) is 63.6 Å². The number of aryl methyl sites for hydroxylation is 1. The van der Waals surface area contributed by atoms with Crippen molar-refractivity contribution in [1.82, 2.24) is 0 Å². The molecule has 1 saturated carbocycles. The number of hydrogen-bond donors (Lipinski definition) is 1. The maximum atomic E-state index is 11.4. The van der Waals surface area contributed by atoms with E-state index in [1.807, 2.05) is 12.1 Å². The molecule has 0 atom stereocenters. The topological polar surface area (TPSA) is 29.5 Å². The lowest BCUT2D eigenvalue weighted by molar-refractivity contribution is 0.0645. The van der Waals surface area contributed by atoms with Crippen molar-refractivity contribution in [3.8, 4) is 33.8 Å². The molecule has 4 aromatic carbocycles. The van der Waals surface area contributed by atoms with Gasteiger partial charge in [-0.1, -0.05) is 64.1 Å². The lowest BCUT2D eigenvalue weighted by Gasteiger charge is -2.51. The monoisotopic (exact) mass is 476 g/mol. The van der Waals surface area contributed by atoms with Crippen molar-refractivity contribution in [2.24, 2.45) is 10.8 Å². The van der Waals surface area contributed by atoms with Crippen LogP contribution in [0.5, 0.6) is 11.5 Å². The van der Waals surface area contributed by atoms with Crippen LogP contribution >= 0.6 is 0 Å². The van der Waals surface area contributed by atoms with Crippen molar-refractivity contribution in [2.75, 3.05) is 7.11 Å². The van der Waals surface area contributed by atoms with Gasteiger partial charge in [-0.15, -0.1) is 0 Å².